The number of oxazole rings is 1. The highest BCUT2D eigenvalue weighted by Crippen LogP contribution is 2.23. The topological polar surface area (TPSA) is 96.4 Å². The van der Waals surface area contributed by atoms with E-state index in [0.29, 0.717) is 28.2 Å². The highest BCUT2D eigenvalue weighted by atomic mass is 16.5. The monoisotopic (exact) mass is 299 g/mol. The first-order chi connectivity index (χ1) is 10.7. The van der Waals surface area contributed by atoms with Gasteiger partial charge in [0, 0.05) is 11.8 Å². The summed E-state index contributed by atoms with van der Waals surface area (Å²) in [5.74, 6) is 0.0235. The lowest BCUT2D eigenvalue weighted by Crippen LogP contribution is -2.19. The zero-order valence-corrected chi connectivity index (χ0v) is 11.7. The molecule has 0 saturated heterocycles. The van der Waals surface area contributed by atoms with Gasteiger partial charge in [0.05, 0.1) is 18.3 Å². The molecule has 0 saturated carbocycles. The Morgan fingerprint density at radius 2 is 2.00 bits per heavy atom. The molecule has 7 heteroatoms. The number of rotatable bonds is 3. The van der Waals surface area contributed by atoms with E-state index >= 15 is 0 Å². The number of H-pyrrole nitrogens is 1. The molecule has 1 aromatic heterocycles. The molecule has 0 bridgehead atoms. The molecule has 0 fully saturated rings. The second-order valence-corrected chi connectivity index (χ2v) is 4.50. The summed E-state index contributed by atoms with van der Waals surface area (Å²) in [7, 11) is 1.53. The molecule has 0 radical (unpaired) electrons. The summed E-state index contributed by atoms with van der Waals surface area (Å²) in [5, 5.41) is 5.35. The lowest BCUT2D eigenvalue weighted by Gasteiger charge is -2.10. The van der Waals surface area contributed by atoms with E-state index in [2.05, 4.69) is 15.6 Å². The van der Waals surface area contributed by atoms with Crippen molar-refractivity contribution in [3.05, 3.63) is 53.0 Å². The van der Waals surface area contributed by atoms with Crippen molar-refractivity contribution in [1.29, 1.82) is 0 Å². The molecule has 3 aromatic rings. The number of benzene rings is 2. The maximum absolute atomic E-state index is 12.0. The van der Waals surface area contributed by atoms with E-state index in [4.69, 9.17) is 9.15 Å². The van der Waals surface area contributed by atoms with Gasteiger partial charge in [-0.15, -0.1) is 0 Å². The van der Waals surface area contributed by atoms with Crippen LogP contribution in [0.3, 0.4) is 0 Å². The fourth-order valence-electron chi connectivity index (χ4n) is 2.06. The van der Waals surface area contributed by atoms with Crippen LogP contribution in [0, 0.1) is 0 Å². The Labute approximate surface area is 124 Å². The summed E-state index contributed by atoms with van der Waals surface area (Å²) in [6.45, 7) is 0. The molecule has 0 aliphatic heterocycles. The number of carbonyl (C=O) groups is 1. The Kier molecular flexibility index (Phi) is 3.53. The van der Waals surface area contributed by atoms with E-state index in [1.54, 1.807) is 36.4 Å². The zero-order valence-electron chi connectivity index (χ0n) is 11.7. The van der Waals surface area contributed by atoms with E-state index in [1.165, 1.54) is 7.11 Å². The van der Waals surface area contributed by atoms with Crippen molar-refractivity contribution in [1.82, 2.24) is 4.98 Å². The van der Waals surface area contributed by atoms with E-state index in [0.717, 1.165) is 0 Å². The number of amides is 2. The van der Waals surface area contributed by atoms with Crippen molar-refractivity contribution in [3.8, 4) is 5.75 Å². The third-order valence-electron chi connectivity index (χ3n) is 3.03. The summed E-state index contributed by atoms with van der Waals surface area (Å²) in [4.78, 5) is 25.6. The summed E-state index contributed by atoms with van der Waals surface area (Å²) in [6, 6.07) is 11.5. The molecule has 0 unspecified atom stereocenters. The number of aromatic nitrogens is 1. The zero-order chi connectivity index (χ0) is 15.5. The van der Waals surface area contributed by atoms with Gasteiger partial charge in [-0.25, -0.2) is 9.59 Å². The van der Waals surface area contributed by atoms with Crippen LogP contribution >= 0.6 is 0 Å². The van der Waals surface area contributed by atoms with Gasteiger partial charge in [-0.05, 0) is 24.3 Å². The van der Waals surface area contributed by atoms with Gasteiger partial charge in [0.2, 0.25) is 0 Å². The maximum Gasteiger partial charge on any atom is 0.417 e. The van der Waals surface area contributed by atoms with Crippen molar-refractivity contribution in [3.63, 3.8) is 0 Å². The van der Waals surface area contributed by atoms with Crippen molar-refractivity contribution in [2.45, 2.75) is 0 Å². The van der Waals surface area contributed by atoms with Crippen LogP contribution < -0.4 is 21.1 Å². The number of ether oxygens (including phenoxy) is 1. The number of anilines is 2. The molecule has 2 aromatic carbocycles. The standard InChI is InChI=1S/C15H13N3O4/c1-21-12-5-3-2-4-10(12)17-14(19)16-9-6-7-11-13(8-9)22-15(20)18-11/h2-8H,1H3,(H,18,20)(H2,16,17,19). The smallest absolute Gasteiger partial charge is 0.417 e. The van der Waals surface area contributed by atoms with Gasteiger partial charge < -0.3 is 19.8 Å². The van der Waals surface area contributed by atoms with Crippen molar-refractivity contribution < 1.29 is 13.9 Å². The fourth-order valence-corrected chi connectivity index (χ4v) is 2.06. The quantitative estimate of drug-likeness (QED) is 0.692. The first kappa shape index (κ1) is 13.7. The highest BCUT2D eigenvalue weighted by Gasteiger charge is 2.08. The largest absolute Gasteiger partial charge is 0.495 e. The predicted molar refractivity (Wildman–Crippen MR) is 82.5 cm³/mol. The Bertz CT molecular complexity index is 882. The minimum Gasteiger partial charge on any atom is -0.495 e. The Morgan fingerprint density at radius 3 is 2.82 bits per heavy atom. The van der Waals surface area contributed by atoms with Crippen LogP contribution in [0.5, 0.6) is 5.75 Å². The third kappa shape index (κ3) is 2.78. The minimum atomic E-state index is -0.536. The summed E-state index contributed by atoms with van der Waals surface area (Å²) in [5.41, 5.74) is 2.00. The fraction of sp³-hybridized carbons (Fsp3) is 0.0667. The van der Waals surface area contributed by atoms with Crippen LogP contribution in [0.15, 0.2) is 51.7 Å². The van der Waals surface area contributed by atoms with Crippen LogP contribution in [-0.2, 0) is 0 Å². The molecule has 0 aliphatic carbocycles. The molecule has 112 valence electrons. The Hall–Kier alpha value is -3.22. The van der Waals surface area contributed by atoms with Gasteiger partial charge in [0.15, 0.2) is 5.58 Å². The molecular weight excluding hydrogens is 286 g/mol. The normalized spacial score (nSPS) is 10.4. The van der Waals surface area contributed by atoms with E-state index in [-0.39, 0.29) is 0 Å². The molecule has 0 atom stereocenters. The molecule has 22 heavy (non-hydrogen) atoms. The first-order valence-electron chi connectivity index (χ1n) is 6.49. The summed E-state index contributed by atoms with van der Waals surface area (Å²) < 4.78 is 10.1. The lowest BCUT2D eigenvalue weighted by atomic mass is 10.3. The summed E-state index contributed by atoms with van der Waals surface area (Å²) in [6.07, 6.45) is 0. The van der Waals surface area contributed by atoms with Crippen LogP contribution in [0.2, 0.25) is 0 Å². The molecule has 7 nitrogen and oxygen atoms in total. The Morgan fingerprint density at radius 1 is 1.18 bits per heavy atom. The van der Waals surface area contributed by atoms with Gasteiger partial charge in [-0.1, -0.05) is 12.1 Å². The number of hydrogen-bond acceptors (Lipinski definition) is 4. The predicted octanol–water partition coefficient (Wildman–Crippen LogP) is 2.77. The number of para-hydroxylation sites is 2. The van der Waals surface area contributed by atoms with Crippen molar-refractivity contribution in [2.24, 2.45) is 0 Å². The lowest BCUT2D eigenvalue weighted by molar-refractivity contribution is 0.262. The number of nitrogens with one attached hydrogen (secondary N) is 3. The number of hydrogen-bond donors (Lipinski definition) is 3. The number of fused-ring (bicyclic) bond motifs is 1. The molecule has 2 amide bonds. The molecule has 3 rings (SSSR count). The average Bonchev–Trinajstić information content (AvgIpc) is 2.87. The van der Waals surface area contributed by atoms with Crippen LogP contribution in [0.1, 0.15) is 0 Å². The van der Waals surface area contributed by atoms with E-state index < -0.39 is 11.8 Å². The highest BCUT2D eigenvalue weighted by molar-refractivity contribution is 6.01. The van der Waals surface area contributed by atoms with E-state index in [9.17, 15) is 9.59 Å². The molecule has 0 aliphatic rings. The Balaban J connectivity index is 1.76. The second kappa shape index (κ2) is 5.65. The van der Waals surface area contributed by atoms with Gasteiger partial charge in [-0.2, -0.15) is 0 Å². The van der Waals surface area contributed by atoms with Crippen molar-refractivity contribution in [2.75, 3.05) is 17.7 Å². The first-order valence-corrected chi connectivity index (χ1v) is 6.49. The average molecular weight is 299 g/mol. The number of methoxy groups -OCH3 is 1. The number of carbonyl (C=O) groups excluding carboxylic acids is 1. The van der Waals surface area contributed by atoms with E-state index in [1.807, 2.05) is 6.07 Å². The maximum atomic E-state index is 12.0. The third-order valence-corrected chi connectivity index (χ3v) is 3.03. The minimum absolute atomic E-state index is 0.375. The number of urea groups is 1. The second-order valence-electron chi connectivity index (χ2n) is 4.50. The molecule has 0 spiro atoms. The van der Waals surface area contributed by atoms with Gasteiger partial charge in [-0.3, -0.25) is 4.98 Å². The van der Waals surface area contributed by atoms with Crippen molar-refractivity contribution >= 4 is 28.5 Å². The van der Waals surface area contributed by atoms with Gasteiger partial charge in [0.25, 0.3) is 0 Å². The van der Waals surface area contributed by atoms with Gasteiger partial charge in [0.1, 0.15) is 5.75 Å². The van der Waals surface area contributed by atoms with Crippen LogP contribution in [0.4, 0.5) is 16.2 Å². The SMILES string of the molecule is COc1ccccc1NC(=O)Nc1ccc2[nH]c(=O)oc2c1. The molecule has 1 heterocycles. The van der Waals surface area contributed by atoms with Crippen LogP contribution in [-0.4, -0.2) is 18.1 Å². The van der Waals surface area contributed by atoms with Gasteiger partial charge >= 0.3 is 11.8 Å². The molecule has 3 N–H and O–H groups in total. The summed E-state index contributed by atoms with van der Waals surface area (Å²) >= 11 is 0. The number of aromatic amines is 1. The van der Waals surface area contributed by atoms with Crippen LogP contribution in [0.25, 0.3) is 11.1 Å². The molecular formula is C15H13N3O4.